The topological polar surface area (TPSA) is 32.8 Å². The summed E-state index contributed by atoms with van der Waals surface area (Å²) in [4.78, 5) is 17.2. The molecule has 0 saturated heterocycles. The molecule has 3 aromatic rings. The fourth-order valence-electron chi connectivity index (χ4n) is 3.30. The van der Waals surface area contributed by atoms with Crippen LogP contribution in [0.25, 0.3) is 0 Å². The average molecular weight is 403 g/mol. The van der Waals surface area contributed by atoms with E-state index in [0.29, 0.717) is 19.5 Å². The molecule has 3 rings (SSSR count). The van der Waals surface area contributed by atoms with Crippen molar-refractivity contribution in [1.82, 2.24) is 4.90 Å². The number of amides is 1. The highest BCUT2D eigenvalue weighted by molar-refractivity contribution is 5.78. The Hall–Kier alpha value is -3.27. The molecule has 0 aliphatic carbocycles. The Bertz CT molecular complexity index is 946. The molecule has 30 heavy (non-hydrogen) atoms. The van der Waals surface area contributed by atoms with E-state index >= 15 is 0 Å². The Morgan fingerprint density at radius 3 is 1.77 bits per heavy atom. The molecule has 0 atom stereocenters. The van der Waals surface area contributed by atoms with Crippen LogP contribution >= 0.6 is 0 Å². The second-order valence-corrected chi connectivity index (χ2v) is 7.82. The van der Waals surface area contributed by atoms with E-state index < -0.39 is 0 Å². The normalized spacial score (nSPS) is 10.5. The molecule has 0 radical (unpaired) electrons. The zero-order valence-corrected chi connectivity index (χ0v) is 18.3. The number of anilines is 1. The number of ether oxygens (including phenoxy) is 1. The summed E-state index contributed by atoms with van der Waals surface area (Å²) in [6.45, 7) is 3.19. The molecule has 0 N–H and O–H groups in total. The molecule has 156 valence electrons. The number of methoxy groups -OCH3 is 1. The van der Waals surface area contributed by atoms with Gasteiger partial charge in [0.05, 0.1) is 13.5 Å². The lowest BCUT2D eigenvalue weighted by atomic mass is 10.1. The maximum absolute atomic E-state index is 13.2. The third-order valence-electron chi connectivity index (χ3n) is 5.19. The zero-order chi connectivity index (χ0) is 21.5. The Morgan fingerprint density at radius 2 is 1.27 bits per heavy atom. The van der Waals surface area contributed by atoms with Gasteiger partial charge in [0, 0.05) is 32.9 Å². The summed E-state index contributed by atoms with van der Waals surface area (Å²) in [6.07, 6.45) is 0.395. The maximum Gasteiger partial charge on any atom is 0.227 e. The van der Waals surface area contributed by atoms with Gasteiger partial charge in [-0.15, -0.1) is 0 Å². The summed E-state index contributed by atoms with van der Waals surface area (Å²) < 4.78 is 5.25. The number of hydrogen-bond donors (Lipinski definition) is 0. The summed E-state index contributed by atoms with van der Waals surface area (Å²) in [5, 5.41) is 0. The molecule has 0 aliphatic rings. The van der Waals surface area contributed by atoms with Crippen molar-refractivity contribution >= 4 is 11.6 Å². The van der Waals surface area contributed by atoms with Crippen LogP contribution in [-0.2, 0) is 24.3 Å². The van der Waals surface area contributed by atoms with Gasteiger partial charge >= 0.3 is 0 Å². The minimum absolute atomic E-state index is 0.117. The van der Waals surface area contributed by atoms with E-state index in [1.807, 2.05) is 55.4 Å². The minimum atomic E-state index is 0.117. The van der Waals surface area contributed by atoms with Crippen molar-refractivity contribution in [2.45, 2.75) is 26.4 Å². The number of rotatable bonds is 8. The van der Waals surface area contributed by atoms with Gasteiger partial charge in [0.2, 0.25) is 5.91 Å². The van der Waals surface area contributed by atoms with Crippen LogP contribution in [0.5, 0.6) is 5.75 Å². The lowest BCUT2D eigenvalue weighted by Gasteiger charge is -2.24. The SMILES string of the molecule is COc1ccc(CN(Cc2ccc(N(C)C)cc2)C(=O)Cc2ccc(C)cc2)cc1. The van der Waals surface area contributed by atoms with Gasteiger partial charge < -0.3 is 14.5 Å². The molecule has 0 fully saturated rings. The number of hydrogen-bond acceptors (Lipinski definition) is 3. The minimum Gasteiger partial charge on any atom is -0.497 e. The third-order valence-corrected chi connectivity index (χ3v) is 5.19. The molecule has 0 spiro atoms. The summed E-state index contributed by atoms with van der Waals surface area (Å²) in [6, 6.07) is 24.4. The Kier molecular flexibility index (Phi) is 7.12. The van der Waals surface area contributed by atoms with E-state index in [0.717, 1.165) is 28.1 Å². The predicted octanol–water partition coefficient (Wildman–Crippen LogP) is 4.84. The molecule has 0 heterocycles. The van der Waals surface area contributed by atoms with E-state index in [4.69, 9.17) is 4.74 Å². The van der Waals surface area contributed by atoms with Gasteiger partial charge in [-0.25, -0.2) is 0 Å². The highest BCUT2D eigenvalue weighted by Gasteiger charge is 2.16. The first kappa shape index (κ1) is 21.4. The van der Waals surface area contributed by atoms with Gasteiger partial charge in [0.15, 0.2) is 0 Å². The highest BCUT2D eigenvalue weighted by atomic mass is 16.5. The van der Waals surface area contributed by atoms with E-state index in [2.05, 4.69) is 48.2 Å². The quantitative estimate of drug-likeness (QED) is 0.540. The van der Waals surface area contributed by atoms with Crippen molar-refractivity contribution in [2.24, 2.45) is 0 Å². The molecule has 4 heteroatoms. The van der Waals surface area contributed by atoms with E-state index in [9.17, 15) is 4.79 Å². The molecule has 0 aliphatic heterocycles. The largest absolute Gasteiger partial charge is 0.497 e. The molecular weight excluding hydrogens is 372 g/mol. The van der Waals surface area contributed by atoms with Crippen LogP contribution in [0.15, 0.2) is 72.8 Å². The third kappa shape index (κ3) is 5.86. The van der Waals surface area contributed by atoms with Crippen LogP contribution in [0.1, 0.15) is 22.3 Å². The summed E-state index contributed by atoms with van der Waals surface area (Å²) in [5.74, 6) is 0.932. The first-order valence-electron chi connectivity index (χ1n) is 10.2. The van der Waals surface area contributed by atoms with Crippen LogP contribution in [0.4, 0.5) is 5.69 Å². The van der Waals surface area contributed by atoms with Crippen molar-refractivity contribution in [1.29, 1.82) is 0 Å². The molecule has 0 bridgehead atoms. The predicted molar refractivity (Wildman–Crippen MR) is 123 cm³/mol. The summed E-state index contributed by atoms with van der Waals surface area (Å²) in [7, 11) is 5.70. The van der Waals surface area contributed by atoms with Crippen LogP contribution in [0, 0.1) is 6.92 Å². The number of nitrogens with zero attached hydrogens (tertiary/aromatic N) is 2. The van der Waals surface area contributed by atoms with E-state index in [1.54, 1.807) is 7.11 Å². The maximum atomic E-state index is 13.2. The highest BCUT2D eigenvalue weighted by Crippen LogP contribution is 2.18. The van der Waals surface area contributed by atoms with Gasteiger partial charge in [-0.05, 0) is 47.9 Å². The molecular formula is C26H30N2O2. The van der Waals surface area contributed by atoms with E-state index in [1.165, 1.54) is 5.56 Å². The number of carbonyl (C=O) groups excluding carboxylic acids is 1. The average Bonchev–Trinajstić information content (AvgIpc) is 2.75. The molecule has 0 aromatic heterocycles. The first-order valence-corrected chi connectivity index (χ1v) is 10.2. The van der Waals surface area contributed by atoms with Gasteiger partial charge in [0.1, 0.15) is 5.75 Å². The molecule has 1 amide bonds. The Morgan fingerprint density at radius 1 is 0.767 bits per heavy atom. The Labute approximate surface area is 179 Å². The van der Waals surface area contributed by atoms with Crippen LogP contribution in [0.3, 0.4) is 0 Å². The lowest BCUT2D eigenvalue weighted by molar-refractivity contribution is -0.131. The molecule has 0 unspecified atom stereocenters. The van der Waals surface area contributed by atoms with Crippen molar-refractivity contribution in [2.75, 3.05) is 26.1 Å². The van der Waals surface area contributed by atoms with Crippen LogP contribution < -0.4 is 9.64 Å². The van der Waals surface area contributed by atoms with Crippen molar-refractivity contribution in [3.05, 3.63) is 95.1 Å². The molecule has 4 nitrogen and oxygen atoms in total. The second kappa shape index (κ2) is 9.97. The van der Waals surface area contributed by atoms with Gasteiger partial charge in [0.25, 0.3) is 0 Å². The van der Waals surface area contributed by atoms with Crippen molar-refractivity contribution in [3.8, 4) is 5.75 Å². The summed E-state index contributed by atoms with van der Waals surface area (Å²) in [5.41, 5.74) is 5.58. The number of benzene rings is 3. The van der Waals surface area contributed by atoms with Crippen LogP contribution in [0.2, 0.25) is 0 Å². The van der Waals surface area contributed by atoms with Gasteiger partial charge in [-0.1, -0.05) is 54.1 Å². The zero-order valence-electron chi connectivity index (χ0n) is 18.3. The van der Waals surface area contributed by atoms with Gasteiger partial charge in [-0.3, -0.25) is 4.79 Å². The van der Waals surface area contributed by atoms with Crippen LogP contribution in [-0.4, -0.2) is 32.0 Å². The molecule has 3 aromatic carbocycles. The standard InChI is InChI=1S/C26H30N2O2/c1-20-5-7-21(8-6-20)17-26(29)28(19-23-11-15-25(30-4)16-12-23)18-22-9-13-24(14-10-22)27(2)3/h5-16H,17-19H2,1-4H3. The van der Waals surface area contributed by atoms with E-state index in [-0.39, 0.29) is 5.91 Å². The number of carbonyl (C=O) groups is 1. The first-order chi connectivity index (χ1) is 14.4. The fourth-order valence-corrected chi connectivity index (χ4v) is 3.30. The van der Waals surface area contributed by atoms with Gasteiger partial charge in [-0.2, -0.15) is 0 Å². The smallest absolute Gasteiger partial charge is 0.227 e. The molecule has 0 saturated carbocycles. The van der Waals surface area contributed by atoms with Crippen molar-refractivity contribution < 1.29 is 9.53 Å². The summed E-state index contributed by atoms with van der Waals surface area (Å²) >= 11 is 0. The fraction of sp³-hybridized carbons (Fsp3) is 0.269. The number of aryl methyl sites for hydroxylation is 1. The lowest BCUT2D eigenvalue weighted by Crippen LogP contribution is -2.31. The monoisotopic (exact) mass is 402 g/mol. The Balaban J connectivity index is 1.78. The second-order valence-electron chi connectivity index (χ2n) is 7.82. The van der Waals surface area contributed by atoms with Crippen molar-refractivity contribution in [3.63, 3.8) is 0 Å².